The second-order valence-electron chi connectivity index (χ2n) is 13.8. The van der Waals surface area contributed by atoms with Crippen LogP contribution in [-0.4, -0.2) is 52.9 Å². The van der Waals surface area contributed by atoms with Gasteiger partial charge in [-0.25, -0.2) is 0 Å². The Hall–Kier alpha value is -4.97. The number of hydrogen-bond donors (Lipinski definition) is 1. The van der Waals surface area contributed by atoms with Crippen molar-refractivity contribution < 1.29 is 33.5 Å². The highest BCUT2D eigenvalue weighted by Crippen LogP contribution is 2.41. The quantitative estimate of drug-likeness (QED) is 0.0915. The van der Waals surface area contributed by atoms with Crippen LogP contribution in [-0.2, 0) is 50.1 Å². The molecule has 2 heterocycles. The molecule has 0 aliphatic carbocycles. The third-order valence-electron chi connectivity index (χ3n) is 9.76. The number of benzene rings is 5. The molecular weight excluding hydrogens is 740 g/mol. The van der Waals surface area contributed by atoms with Crippen LogP contribution in [0.2, 0.25) is 5.02 Å². The van der Waals surface area contributed by atoms with Gasteiger partial charge in [0.25, 0.3) is 0 Å². The first kappa shape index (κ1) is 40.2. The third-order valence-corrected chi connectivity index (χ3v) is 10.1. The van der Waals surface area contributed by atoms with E-state index in [1.807, 2.05) is 140 Å². The summed E-state index contributed by atoms with van der Waals surface area (Å²) < 4.78 is 39.6. The smallest absolute Gasteiger partial charge is 0.233 e. The molecule has 1 aliphatic rings. The average molecular weight is 787 g/mol. The molecule has 6 atom stereocenters. The van der Waals surface area contributed by atoms with Crippen molar-refractivity contribution in [3.8, 4) is 5.88 Å². The molecule has 1 aliphatic heterocycles. The summed E-state index contributed by atoms with van der Waals surface area (Å²) in [6, 6.07) is 49.0. The van der Waals surface area contributed by atoms with Gasteiger partial charge in [0.15, 0.2) is 0 Å². The first-order valence-corrected chi connectivity index (χ1v) is 19.6. The summed E-state index contributed by atoms with van der Waals surface area (Å²) in [4.78, 5) is 0. The fourth-order valence-corrected chi connectivity index (χ4v) is 7.09. The van der Waals surface area contributed by atoms with Crippen molar-refractivity contribution in [2.45, 2.75) is 70.0 Å². The summed E-state index contributed by atoms with van der Waals surface area (Å²) in [6.07, 6.45) is -4.34. The SMILES string of the molecule is CCOc1ccc(C(O)c2cc(C3OC(COCc4ccccc4)C(OCc4ccccc4)C(OCc4ccccc4)C3OCc3ccccc3)ccc2Cl)nn1. The van der Waals surface area contributed by atoms with Gasteiger partial charge in [-0.1, -0.05) is 139 Å². The second-order valence-corrected chi connectivity index (χ2v) is 14.2. The third kappa shape index (κ3) is 10.9. The van der Waals surface area contributed by atoms with Crippen molar-refractivity contribution in [3.63, 3.8) is 0 Å². The highest BCUT2D eigenvalue weighted by Gasteiger charge is 2.49. The molecule has 9 nitrogen and oxygen atoms in total. The topological polar surface area (TPSA) is 101 Å². The summed E-state index contributed by atoms with van der Waals surface area (Å²) in [6.45, 7) is 3.86. The Morgan fingerprint density at radius 2 is 1.14 bits per heavy atom. The van der Waals surface area contributed by atoms with Gasteiger partial charge in [0, 0.05) is 16.7 Å². The van der Waals surface area contributed by atoms with Crippen LogP contribution >= 0.6 is 11.6 Å². The largest absolute Gasteiger partial charge is 0.477 e. The Bertz CT molecular complexity index is 2080. The number of aromatic nitrogens is 2. The molecule has 1 N–H and O–H groups in total. The minimum atomic E-state index is -1.18. The molecule has 5 aromatic carbocycles. The lowest BCUT2D eigenvalue weighted by atomic mass is 9.89. The van der Waals surface area contributed by atoms with Crippen molar-refractivity contribution in [2.75, 3.05) is 13.2 Å². The fourth-order valence-electron chi connectivity index (χ4n) is 6.87. The van der Waals surface area contributed by atoms with E-state index in [1.165, 1.54) is 0 Å². The number of ether oxygens (including phenoxy) is 6. The molecule has 0 spiro atoms. The van der Waals surface area contributed by atoms with Crippen molar-refractivity contribution in [1.29, 1.82) is 0 Å². The van der Waals surface area contributed by atoms with E-state index >= 15 is 0 Å². The zero-order valence-electron chi connectivity index (χ0n) is 31.8. The molecule has 0 radical (unpaired) electrons. The molecule has 0 saturated carbocycles. The molecule has 1 aromatic heterocycles. The molecule has 57 heavy (non-hydrogen) atoms. The van der Waals surface area contributed by atoms with Crippen LogP contribution in [0.15, 0.2) is 152 Å². The summed E-state index contributed by atoms with van der Waals surface area (Å²) in [5.74, 6) is 0.369. The van der Waals surface area contributed by atoms with Gasteiger partial charge in [-0.2, -0.15) is 0 Å². The number of nitrogens with zero attached hydrogens (tertiary/aromatic N) is 2. The fraction of sp³-hybridized carbons (Fsp3) is 0.277. The Balaban J connectivity index is 1.27. The molecule has 7 rings (SSSR count). The first-order valence-electron chi connectivity index (χ1n) is 19.2. The van der Waals surface area contributed by atoms with Crippen molar-refractivity contribution >= 4 is 11.6 Å². The number of halogens is 1. The van der Waals surface area contributed by atoms with Crippen LogP contribution in [0.1, 0.15) is 58.2 Å². The summed E-state index contributed by atoms with van der Waals surface area (Å²) in [5, 5.41) is 20.3. The lowest BCUT2D eigenvalue weighted by Gasteiger charge is -2.46. The number of aliphatic hydroxyl groups is 1. The number of hydrogen-bond acceptors (Lipinski definition) is 9. The highest BCUT2D eigenvalue weighted by molar-refractivity contribution is 6.31. The predicted molar refractivity (Wildman–Crippen MR) is 217 cm³/mol. The molecule has 294 valence electrons. The molecular formula is C47H47ClN2O7. The zero-order valence-corrected chi connectivity index (χ0v) is 32.6. The van der Waals surface area contributed by atoms with E-state index in [4.69, 9.17) is 40.0 Å². The van der Waals surface area contributed by atoms with E-state index in [0.717, 1.165) is 27.8 Å². The molecule has 6 aromatic rings. The highest BCUT2D eigenvalue weighted by atomic mass is 35.5. The molecule has 1 fully saturated rings. The first-order chi connectivity index (χ1) is 28.1. The van der Waals surface area contributed by atoms with Crippen LogP contribution in [0, 0.1) is 0 Å². The molecule has 10 heteroatoms. The Morgan fingerprint density at radius 1 is 0.614 bits per heavy atom. The van der Waals surface area contributed by atoms with Crippen LogP contribution < -0.4 is 4.74 Å². The minimum absolute atomic E-state index is 0.215. The van der Waals surface area contributed by atoms with Crippen molar-refractivity contribution in [1.82, 2.24) is 10.2 Å². The van der Waals surface area contributed by atoms with E-state index in [9.17, 15) is 5.11 Å². The van der Waals surface area contributed by atoms with E-state index < -0.39 is 36.6 Å². The van der Waals surface area contributed by atoms with Gasteiger partial charge in [0.2, 0.25) is 5.88 Å². The maximum Gasteiger partial charge on any atom is 0.233 e. The van der Waals surface area contributed by atoms with E-state index in [-0.39, 0.29) is 6.61 Å². The monoisotopic (exact) mass is 786 g/mol. The maximum absolute atomic E-state index is 11.6. The molecule has 1 saturated heterocycles. The van der Waals surface area contributed by atoms with Crippen molar-refractivity contribution in [2.24, 2.45) is 0 Å². The lowest BCUT2D eigenvalue weighted by Crippen LogP contribution is -2.58. The Labute approximate surface area is 339 Å². The second kappa shape index (κ2) is 20.5. The number of aliphatic hydroxyl groups excluding tert-OH is 1. The van der Waals surface area contributed by atoms with E-state index in [0.29, 0.717) is 55.2 Å². The lowest BCUT2D eigenvalue weighted by molar-refractivity contribution is -0.275. The van der Waals surface area contributed by atoms with Gasteiger partial charge in [0.05, 0.1) is 45.3 Å². The van der Waals surface area contributed by atoms with Gasteiger partial charge in [-0.15, -0.1) is 10.2 Å². The molecule has 0 bridgehead atoms. The zero-order chi connectivity index (χ0) is 39.2. The average Bonchev–Trinajstić information content (AvgIpc) is 3.26. The van der Waals surface area contributed by atoms with Crippen LogP contribution in [0.5, 0.6) is 5.88 Å². The number of rotatable bonds is 18. The molecule has 0 amide bonds. The van der Waals surface area contributed by atoms with Crippen molar-refractivity contribution in [3.05, 3.63) is 196 Å². The van der Waals surface area contributed by atoms with Gasteiger partial charge < -0.3 is 33.5 Å². The van der Waals surface area contributed by atoms with Crippen LogP contribution in [0.4, 0.5) is 0 Å². The van der Waals surface area contributed by atoms with E-state index in [2.05, 4.69) is 10.2 Å². The summed E-state index contributed by atoms with van der Waals surface area (Å²) in [5.41, 5.74) is 5.56. The van der Waals surface area contributed by atoms with Gasteiger partial charge in [-0.05, 0) is 52.9 Å². The van der Waals surface area contributed by atoms with Gasteiger partial charge >= 0.3 is 0 Å². The Morgan fingerprint density at radius 3 is 1.67 bits per heavy atom. The van der Waals surface area contributed by atoms with Gasteiger partial charge in [-0.3, -0.25) is 0 Å². The minimum Gasteiger partial charge on any atom is -0.477 e. The summed E-state index contributed by atoms with van der Waals surface area (Å²) in [7, 11) is 0. The van der Waals surface area contributed by atoms with Gasteiger partial charge in [0.1, 0.15) is 36.6 Å². The standard InChI is InChI=1S/C47H47ClN2O7/c1-2-53-42-26-25-40(49-50-42)43(51)38-27-37(23-24-39(38)48)44-46(55-30-35-19-11-5-12-20-35)47(56-31-36-21-13-6-14-22-36)45(54-29-34-17-9-4-10-18-34)41(57-44)32-52-28-33-15-7-3-8-16-33/h3-27,41,43-47,51H,2,28-32H2,1H3. The van der Waals surface area contributed by atoms with E-state index in [1.54, 1.807) is 18.2 Å². The normalized spacial score (nSPS) is 19.9. The Kier molecular flexibility index (Phi) is 14.4. The summed E-state index contributed by atoms with van der Waals surface area (Å²) >= 11 is 6.79. The predicted octanol–water partition coefficient (Wildman–Crippen LogP) is 9.02. The molecule has 6 unspecified atom stereocenters. The van der Waals surface area contributed by atoms with Crippen LogP contribution in [0.25, 0.3) is 0 Å². The maximum atomic E-state index is 11.6. The van der Waals surface area contributed by atoms with Crippen LogP contribution in [0.3, 0.4) is 0 Å².